The molecule has 0 saturated carbocycles. The van der Waals surface area contributed by atoms with Crippen LogP contribution in [-0.2, 0) is 9.53 Å². The first-order chi connectivity index (χ1) is 13.5. The van der Waals surface area contributed by atoms with E-state index < -0.39 is 12.1 Å². The van der Waals surface area contributed by atoms with E-state index in [4.69, 9.17) is 9.47 Å². The van der Waals surface area contributed by atoms with Gasteiger partial charge < -0.3 is 19.3 Å². The molecule has 0 unspecified atom stereocenters. The highest BCUT2D eigenvalue weighted by atomic mass is 16.5. The Bertz CT molecular complexity index is 830. The van der Waals surface area contributed by atoms with Crippen LogP contribution in [0.2, 0.25) is 0 Å². The second kappa shape index (κ2) is 8.78. The number of amides is 1. The summed E-state index contributed by atoms with van der Waals surface area (Å²) in [5.41, 5.74) is 2.40. The van der Waals surface area contributed by atoms with E-state index in [1.807, 2.05) is 31.2 Å². The van der Waals surface area contributed by atoms with Crippen LogP contribution in [-0.4, -0.2) is 56.2 Å². The Hall–Kier alpha value is -3.02. The van der Waals surface area contributed by atoms with Gasteiger partial charge in [-0.15, -0.1) is 0 Å². The number of anilines is 1. The molecule has 1 fully saturated rings. The Morgan fingerprint density at radius 3 is 2.32 bits per heavy atom. The van der Waals surface area contributed by atoms with Crippen molar-refractivity contribution in [3.63, 3.8) is 0 Å². The summed E-state index contributed by atoms with van der Waals surface area (Å²) in [7, 11) is 1.50. The molecule has 1 amide bonds. The highest BCUT2D eigenvalue weighted by molar-refractivity contribution is 5.95. The van der Waals surface area contributed by atoms with Crippen LogP contribution in [0, 0.1) is 6.92 Å². The number of rotatable bonds is 5. The van der Waals surface area contributed by atoms with Gasteiger partial charge in [0.2, 0.25) is 0 Å². The minimum Gasteiger partial charge on any atom is -0.496 e. The SMILES string of the molecule is COc1ccc(C)cc1C(=O)O[C@H](C)C(=O)N1CCN(c2ccccc2)CC1. The van der Waals surface area contributed by atoms with Gasteiger partial charge in [-0.05, 0) is 38.1 Å². The van der Waals surface area contributed by atoms with Gasteiger partial charge in [-0.3, -0.25) is 4.79 Å². The summed E-state index contributed by atoms with van der Waals surface area (Å²) in [4.78, 5) is 29.3. The first kappa shape index (κ1) is 19.7. The first-order valence-corrected chi connectivity index (χ1v) is 9.44. The third-order valence-electron chi connectivity index (χ3n) is 4.92. The number of piperazine rings is 1. The van der Waals surface area contributed by atoms with Crippen molar-refractivity contribution < 1.29 is 19.1 Å². The standard InChI is InChI=1S/C22H26N2O4/c1-16-9-10-20(27-3)19(15-16)22(26)28-17(2)21(25)24-13-11-23(12-14-24)18-7-5-4-6-8-18/h4-10,15,17H,11-14H2,1-3H3/t17-/m1/s1. The van der Waals surface area contributed by atoms with E-state index >= 15 is 0 Å². The lowest BCUT2D eigenvalue weighted by Gasteiger charge is -2.37. The van der Waals surface area contributed by atoms with Crippen molar-refractivity contribution >= 4 is 17.6 Å². The molecule has 2 aromatic rings. The second-order valence-corrected chi connectivity index (χ2v) is 6.90. The molecule has 0 aliphatic carbocycles. The number of hydrogen-bond acceptors (Lipinski definition) is 5. The molecule has 1 aliphatic heterocycles. The maximum absolute atomic E-state index is 12.7. The lowest BCUT2D eigenvalue weighted by atomic mass is 10.1. The number of esters is 1. The van der Waals surface area contributed by atoms with Crippen LogP contribution in [0.1, 0.15) is 22.8 Å². The van der Waals surface area contributed by atoms with Crippen molar-refractivity contribution in [2.24, 2.45) is 0 Å². The highest BCUT2D eigenvalue weighted by Crippen LogP contribution is 2.22. The molecule has 28 heavy (non-hydrogen) atoms. The van der Waals surface area contributed by atoms with E-state index in [1.54, 1.807) is 24.0 Å². The Morgan fingerprint density at radius 2 is 1.68 bits per heavy atom. The molecule has 0 aromatic heterocycles. The summed E-state index contributed by atoms with van der Waals surface area (Å²) in [5.74, 6) is -0.288. The molecule has 1 atom stereocenters. The van der Waals surface area contributed by atoms with Crippen molar-refractivity contribution in [1.29, 1.82) is 0 Å². The number of ether oxygens (including phenoxy) is 2. The molecule has 3 rings (SSSR count). The minimum atomic E-state index is -0.846. The van der Waals surface area contributed by atoms with Gasteiger partial charge in [0.1, 0.15) is 11.3 Å². The zero-order valence-electron chi connectivity index (χ0n) is 16.6. The number of hydrogen-bond donors (Lipinski definition) is 0. The zero-order valence-corrected chi connectivity index (χ0v) is 16.6. The average molecular weight is 382 g/mol. The van der Waals surface area contributed by atoms with E-state index in [2.05, 4.69) is 17.0 Å². The van der Waals surface area contributed by atoms with E-state index in [-0.39, 0.29) is 5.91 Å². The molecule has 6 heteroatoms. The van der Waals surface area contributed by atoms with Gasteiger partial charge >= 0.3 is 5.97 Å². The van der Waals surface area contributed by atoms with Gasteiger partial charge in [0.05, 0.1) is 7.11 Å². The Labute approximate surface area is 165 Å². The molecule has 1 aliphatic rings. The zero-order chi connectivity index (χ0) is 20.1. The summed E-state index contributed by atoms with van der Waals surface area (Å²) in [5, 5.41) is 0. The van der Waals surface area contributed by atoms with Crippen LogP contribution in [0.5, 0.6) is 5.75 Å². The van der Waals surface area contributed by atoms with Crippen LogP contribution in [0.15, 0.2) is 48.5 Å². The Morgan fingerprint density at radius 1 is 1.00 bits per heavy atom. The summed E-state index contributed by atoms with van der Waals surface area (Å²) < 4.78 is 10.7. The number of aryl methyl sites for hydroxylation is 1. The lowest BCUT2D eigenvalue weighted by molar-refractivity contribution is -0.140. The predicted octanol–water partition coefficient (Wildman–Crippen LogP) is 2.90. The van der Waals surface area contributed by atoms with Gasteiger partial charge in [0, 0.05) is 31.9 Å². The van der Waals surface area contributed by atoms with E-state index in [0.717, 1.165) is 24.3 Å². The largest absolute Gasteiger partial charge is 0.496 e. The quantitative estimate of drug-likeness (QED) is 0.744. The van der Waals surface area contributed by atoms with Crippen molar-refractivity contribution in [1.82, 2.24) is 4.90 Å². The van der Waals surface area contributed by atoms with Gasteiger partial charge in [0.15, 0.2) is 6.10 Å². The third kappa shape index (κ3) is 4.44. The molecule has 6 nitrogen and oxygen atoms in total. The number of methoxy groups -OCH3 is 1. The number of para-hydroxylation sites is 1. The summed E-state index contributed by atoms with van der Waals surface area (Å²) in [6.07, 6.45) is -0.846. The summed E-state index contributed by atoms with van der Waals surface area (Å²) in [6.45, 7) is 6.21. The van der Waals surface area contributed by atoms with Crippen LogP contribution in [0.25, 0.3) is 0 Å². The molecule has 0 radical (unpaired) electrons. The van der Waals surface area contributed by atoms with Crippen LogP contribution in [0.3, 0.4) is 0 Å². The van der Waals surface area contributed by atoms with E-state index in [9.17, 15) is 9.59 Å². The predicted molar refractivity (Wildman–Crippen MR) is 108 cm³/mol. The molecule has 0 N–H and O–H groups in total. The normalized spacial score (nSPS) is 15.1. The molecular formula is C22H26N2O4. The van der Waals surface area contributed by atoms with Crippen molar-refractivity contribution in [2.75, 3.05) is 38.2 Å². The molecule has 2 aromatic carbocycles. The number of carbonyl (C=O) groups excluding carboxylic acids is 2. The number of benzene rings is 2. The maximum Gasteiger partial charge on any atom is 0.342 e. The molecule has 0 bridgehead atoms. The van der Waals surface area contributed by atoms with Crippen LogP contribution < -0.4 is 9.64 Å². The topological polar surface area (TPSA) is 59.1 Å². The highest BCUT2D eigenvalue weighted by Gasteiger charge is 2.28. The second-order valence-electron chi connectivity index (χ2n) is 6.90. The smallest absolute Gasteiger partial charge is 0.342 e. The molecule has 0 spiro atoms. The molecular weight excluding hydrogens is 356 g/mol. The average Bonchev–Trinajstić information content (AvgIpc) is 2.73. The van der Waals surface area contributed by atoms with E-state index in [1.165, 1.54) is 7.11 Å². The van der Waals surface area contributed by atoms with Gasteiger partial charge in [0.25, 0.3) is 5.91 Å². The fourth-order valence-electron chi connectivity index (χ4n) is 3.34. The third-order valence-corrected chi connectivity index (χ3v) is 4.92. The van der Waals surface area contributed by atoms with Crippen molar-refractivity contribution in [3.8, 4) is 5.75 Å². The van der Waals surface area contributed by atoms with Crippen molar-refractivity contribution in [2.45, 2.75) is 20.0 Å². The van der Waals surface area contributed by atoms with Gasteiger partial charge in [-0.2, -0.15) is 0 Å². The van der Waals surface area contributed by atoms with Gasteiger partial charge in [-0.1, -0.05) is 29.8 Å². The fraction of sp³-hybridized carbons (Fsp3) is 0.364. The maximum atomic E-state index is 12.7. The molecule has 1 heterocycles. The van der Waals surface area contributed by atoms with Crippen LogP contribution >= 0.6 is 0 Å². The Kier molecular flexibility index (Phi) is 6.19. The number of carbonyl (C=O) groups is 2. The fourth-order valence-corrected chi connectivity index (χ4v) is 3.34. The summed E-state index contributed by atoms with van der Waals surface area (Å²) >= 11 is 0. The number of nitrogens with zero attached hydrogens (tertiary/aromatic N) is 2. The van der Waals surface area contributed by atoms with E-state index in [0.29, 0.717) is 24.4 Å². The Balaban J connectivity index is 1.58. The monoisotopic (exact) mass is 382 g/mol. The molecule has 148 valence electrons. The summed E-state index contributed by atoms with van der Waals surface area (Å²) in [6, 6.07) is 15.4. The van der Waals surface area contributed by atoms with Gasteiger partial charge in [-0.25, -0.2) is 4.79 Å². The first-order valence-electron chi connectivity index (χ1n) is 9.44. The van der Waals surface area contributed by atoms with Crippen molar-refractivity contribution in [3.05, 3.63) is 59.7 Å². The van der Waals surface area contributed by atoms with Crippen LogP contribution in [0.4, 0.5) is 5.69 Å². The minimum absolute atomic E-state index is 0.173. The lowest BCUT2D eigenvalue weighted by Crippen LogP contribution is -2.51. The molecule has 1 saturated heterocycles.